The average Bonchev–Trinajstić information content (AvgIpc) is 2.42. The van der Waals surface area contributed by atoms with Crippen molar-refractivity contribution < 1.29 is 9.53 Å². The Hall–Kier alpha value is -0.570. The van der Waals surface area contributed by atoms with Gasteiger partial charge < -0.3 is 10.1 Å². The van der Waals surface area contributed by atoms with Crippen LogP contribution >= 0.6 is 0 Å². The predicted molar refractivity (Wildman–Crippen MR) is 81.6 cm³/mol. The second-order valence-electron chi connectivity index (χ2n) is 7.55. The molecule has 2 fully saturated rings. The summed E-state index contributed by atoms with van der Waals surface area (Å²) in [6.45, 7) is 8.70. The van der Waals surface area contributed by atoms with Gasteiger partial charge in [0.25, 0.3) is 0 Å². The Bertz CT molecular complexity index is 316. The lowest BCUT2D eigenvalue weighted by molar-refractivity contribution is -0.166. The van der Waals surface area contributed by atoms with Gasteiger partial charge in [-0.05, 0) is 63.5 Å². The van der Waals surface area contributed by atoms with Crippen LogP contribution in [0.4, 0.5) is 0 Å². The molecule has 0 aromatic carbocycles. The third kappa shape index (κ3) is 3.75. The molecule has 3 heteroatoms. The number of rotatable bonds is 4. The highest BCUT2D eigenvalue weighted by Gasteiger charge is 2.41. The lowest BCUT2D eigenvalue weighted by Gasteiger charge is -2.39. The molecule has 0 bridgehead atoms. The van der Waals surface area contributed by atoms with Crippen LogP contribution < -0.4 is 5.32 Å². The highest BCUT2D eigenvalue weighted by atomic mass is 16.5. The maximum absolute atomic E-state index is 12.7. The van der Waals surface area contributed by atoms with Gasteiger partial charge in [-0.1, -0.05) is 27.2 Å². The molecular formula is C17H31NO2. The lowest BCUT2D eigenvalue weighted by Crippen LogP contribution is -2.44. The second kappa shape index (κ2) is 6.46. The smallest absolute Gasteiger partial charge is 0.312 e. The van der Waals surface area contributed by atoms with Crippen LogP contribution in [0.1, 0.15) is 72.1 Å². The summed E-state index contributed by atoms with van der Waals surface area (Å²) in [7, 11) is 0. The molecule has 0 aromatic rings. The van der Waals surface area contributed by atoms with Crippen molar-refractivity contribution in [2.75, 3.05) is 13.1 Å². The van der Waals surface area contributed by atoms with Crippen LogP contribution in [0.2, 0.25) is 0 Å². The van der Waals surface area contributed by atoms with Gasteiger partial charge in [0.05, 0.1) is 5.41 Å². The van der Waals surface area contributed by atoms with Gasteiger partial charge in [-0.3, -0.25) is 4.79 Å². The highest BCUT2D eigenvalue weighted by Crippen LogP contribution is 2.39. The molecule has 0 amide bonds. The van der Waals surface area contributed by atoms with Crippen molar-refractivity contribution in [3.63, 3.8) is 0 Å². The first kappa shape index (κ1) is 15.8. The number of carbonyl (C=O) groups is 1. The topological polar surface area (TPSA) is 38.3 Å². The van der Waals surface area contributed by atoms with E-state index < -0.39 is 0 Å². The summed E-state index contributed by atoms with van der Waals surface area (Å²) in [5, 5.41) is 3.36. The minimum Gasteiger partial charge on any atom is -0.462 e. The molecule has 116 valence electrons. The zero-order chi connectivity index (χ0) is 14.6. The van der Waals surface area contributed by atoms with E-state index in [1.807, 2.05) is 0 Å². The van der Waals surface area contributed by atoms with Crippen molar-refractivity contribution in [1.29, 1.82) is 0 Å². The van der Waals surface area contributed by atoms with Crippen molar-refractivity contribution in [2.45, 2.75) is 78.2 Å². The average molecular weight is 281 g/mol. The van der Waals surface area contributed by atoms with Gasteiger partial charge in [0.1, 0.15) is 6.10 Å². The van der Waals surface area contributed by atoms with E-state index in [0.717, 1.165) is 51.6 Å². The molecule has 0 unspecified atom stereocenters. The standard InChI is InChI=1S/C17H31NO2/c1-4-7-17(10-12-18-13-11-17)15(19)20-14-5-8-16(2,3)9-6-14/h14,18H,4-13H2,1-3H3. The monoisotopic (exact) mass is 281 g/mol. The molecule has 2 aliphatic rings. The first-order chi connectivity index (χ1) is 9.47. The zero-order valence-corrected chi connectivity index (χ0v) is 13.5. The van der Waals surface area contributed by atoms with Crippen LogP contribution in [0.3, 0.4) is 0 Å². The molecule has 0 spiro atoms. The molecule has 0 atom stereocenters. The lowest BCUT2D eigenvalue weighted by atomic mass is 9.74. The van der Waals surface area contributed by atoms with Gasteiger partial charge in [0.2, 0.25) is 0 Å². The first-order valence-corrected chi connectivity index (χ1v) is 8.39. The van der Waals surface area contributed by atoms with Gasteiger partial charge >= 0.3 is 5.97 Å². The minimum atomic E-state index is -0.201. The van der Waals surface area contributed by atoms with E-state index in [1.54, 1.807) is 0 Å². The normalized spacial score (nSPS) is 26.1. The fourth-order valence-corrected chi connectivity index (χ4v) is 3.71. The molecule has 1 saturated carbocycles. The molecule has 20 heavy (non-hydrogen) atoms. The molecule has 0 aromatic heterocycles. The summed E-state index contributed by atoms with van der Waals surface area (Å²) in [6.07, 6.45) is 8.52. The highest BCUT2D eigenvalue weighted by molar-refractivity contribution is 5.77. The van der Waals surface area contributed by atoms with E-state index in [9.17, 15) is 4.79 Å². The molecular weight excluding hydrogens is 250 g/mol. The van der Waals surface area contributed by atoms with Crippen LogP contribution in [0.5, 0.6) is 0 Å². The van der Waals surface area contributed by atoms with Gasteiger partial charge in [-0.15, -0.1) is 0 Å². The summed E-state index contributed by atoms with van der Waals surface area (Å²) in [5.74, 6) is 0.0885. The quantitative estimate of drug-likeness (QED) is 0.799. The summed E-state index contributed by atoms with van der Waals surface area (Å²) < 4.78 is 5.91. The molecule has 3 nitrogen and oxygen atoms in total. The Morgan fingerprint density at radius 3 is 2.30 bits per heavy atom. The maximum atomic E-state index is 12.7. The van der Waals surface area contributed by atoms with Crippen LogP contribution in [0, 0.1) is 10.8 Å². The number of ether oxygens (including phenoxy) is 1. The summed E-state index contributed by atoms with van der Waals surface area (Å²) in [6, 6.07) is 0. The fraction of sp³-hybridized carbons (Fsp3) is 0.941. The SMILES string of the molecule is CCCC1(C(=O)OC2CCC(C)(C)CC2)CCNCC1. The van der Waals surface area contributed by atoms with Crippen molar-refractivity contribution in [1.82, 2.24) is 5.32 Å². The second-order valence-corrected chi connectivity index (χ2v) is 7.55. The van der Waals surface area contributed by atoms with Crippen molar-refractivity contribution >= 4 is 5.97 Å². The Morgan fingerprint density at radius 2 is 1.75 bits per heavy atom. The Balaban J connectivity index is 1.92. The number of hydrogen-bond donors (Lipinski definition) is 1. The Kier molecular flexibility index (Phi) is 5.11. The van der Waals surface area contributed by atoms with Crippen molar-refractivity contribution in [3.8, 4) is 0 Å². The molecule has 1 N–H and O–H groups in total. The molecule has 1 aliphatic carbocycles. The molecule has 1 aliphatic heterocycles. The van der Waals surface area contributed by atoms with E-state index >= 15 is 0 Å². The van der Waals surface area contributed by atoms with Gasteiger partial charge in [-0.25, -0.2) is 0 Å². The van der Waals surface area contributed by atoms with E-state index in [1.165, 1.54) is 12.8 Å². The first-order valence-electron chi connectivity index (χ1n) is 8.39. The van der Waals surface area contributed by atoms with Crippen molar-refractivity contribution in [2.24, 2.45) is 10.8 Å². The molecule has 1 heterocycles. The number of nitrogens with one attached hydrogen (secondary N) is 1. The van der Waals surface area contributed by atoms with Gasteiger partial charge in [-0.2, -0.15) is 0 Å². The molecule has 1 saturated heterocycles. The number of esters is 1. The van der Waals surface area contributed by atoms with Gasteiger partial charge in [0, 0.05) is 0 Å². The van der Waals surface area contributed by atoms with E-state index in [2.05, 4.69) is 26.1 Å². The number of piperidine rings is 1. The number of hydrogen-bond acceptors (Lipinski definition) is 3. The van der Waals surface area contributed by atoms with E-state index in [-0.39, 0.29) is 17.5 Å². The third-order valence-corrected chi connectivity index (χ3v) is 5.28. The minimum absolute atomic E-state index is 0.0885. The maximum Gasteiger partial charge on any atom is 0.312 e. The summed E-state index contributed by atoms with van der Waals surface area (Å²) >= 11 is 0. The summed E-state index contributed by atoms with van der Waals surface area (Å²) in [5.41, 5.74) is 0.228. The van der Waals surface area contributed by atoms with Crippen LogP contribution in [0.25, 0.3) is 0 Å². The molecule has 0 radical (unpaired) electrons. The van der Waals surface area contributed by atoms with E-state index in [0.29, 0.717) is 5.41 Å². The number of carbonyl (C=O) groups excluding carboxylic acids is 1. The zero-order valence-electron chi connectivity index (χ0n) is 13.5. The summed E-state index contributed by atoms with van der Waals surface area (Å²) in [4.78, 5) is 12.7. The van der Waals surface area contributed by atoms with Crippen LogP contribution in [0.15, 0.2) is 0 Å². The Labute approximate surface area is 123 Å². The van der Waals surface area contributed by atoms with E-state index in [4.69, 9.17) is 4.74 Å². The van der Waals surface area contributed by atoms with Crippen LogP contribution in [-0.4, -0.2) is 25.2 Å². The molecule has 2 rings (SSSR count). The van der Waals surface area contributed by atoms with Crippen molar-refractivity contribution in [3.05, 3.63) is 0 Å². The fourth-order valence-electron chi connectivity index (χ4n) is 3.71. The predicted octanol–water partition coefficient (Wildman–Crippen LogP) is 3.67. The van der Waals surface area contributed by atoms with Gasteiger partial charge in [0.15, 0.2) is 0 Å². The van der Waals surface area contributed by atoms with Crippen LogP contribution in [-0.2, 0) is 9.53 Å². The third-order valence-electron chi connectivity index (χ3n) is 5.28. The Morgan fingerprint density at radius 1 is 1.15 bits per heavy atom. The largest absolute Gasteiger partial charge is 0.462 e.